The molecule has 2 heterocycles. The third-order valence-corrected chi connectivity index (χ3v) is 4.31. The summed E-state index contributed by atoms with van der Waals surface area (Å²) in [6.45, 7) is 9.45. The van der Waals surface area contributed by atoms with Gasteiger partial charge in [-0.1, -0.05) is 20.8 Å². The second-order valence-corrected chi connectivity index (χ2v) is 6.45. The number of anilines is 1. The first kappa shape index (κ1) is 16.1. The number of hydrogen-bond donors (Lipinski definition) is 1. The summed E-state index contributed by atoms with van der Waals surface area (Å²) >= 11 is 2.34. The topological polar surface area (TPSA) is 50.7 Å². The van der Waals surface area contributed by atoms with E-state index in [0.29, 0.717) is 5.92 Å². The van der Waals surface area contributed by atoms with Crippen LogP contribution in [-0.4, -0.2) is 21.5 Å². The maximum absolute atomic E-state index is 4.77. The first-order valence-corrected chi connectivity index (χ1v) is 8.34. The number of nitrogens with zero attached hydrogens (tertiary/aromatic N) is 3. The molecule has 0 saturated heterocycles. The molecule has 0 aliphatic carbocycles. The molecule has 0 aliphatic heterocycles. The second kappa shape index (κ2) is 7.15. The SMILES string of the molecule is CCCNc1nc(-c2cnccc2C)nc(C(C)C)c1I. The van der Waals surface area contributed by atoms with Crippen LogP contribution in [0.2, 0.25) is 0 Å². The van der Waals surface area contributed by atoms with Gasteiger partial charge in [0.05, 0.1) is 9.26 Å². The van der Waals surface area contributed by atoms with E-state index in [0.717, 1.165) is 45.0 Å². The Morgan fingerprint density at radius 2 is 2.05 bits per heavy atom. The quantitative estimate of drug-likeness (QED) is 0.762. The Morgan fingerprint density at radius 1 is 1.29 bits per heavy atom. The van der Waals surface area contributed by atoms with Crippen LogP contribution in [0, 0.1) is 10.5 Å². The van der Waals surface area contributed by atoms with Crippen LogP contribution >= 0.6 is 22.6 Å². The Balaban J connectivity index is 2.56. The van der Waals surface area contributed by atoms with Gasteiger partial charge in [-0.25, -0.2) is 9.97 Å². The number of aryl methyl sites for hydroxylation is 1. The molecule has 0 amide bonds. The summed E-state index contributed by atoms with van der Waals surface area (Å²) in [4.78, 5) is 13.7. The smallest absolute Gasteiger partial charge is 0.163 e. The van der Waals surface area contributed by atoms with Crippen molar-refractivity contribution in [2.45, 2.75) is 40.0 Å². The summed E-state index contributed by atoms with van der Waals surface area (Å²) < 4.78 is 1.11. The number of halogens is 1. The zero-order valence-corrected chi connectivity index (χ0v) is 15.1. The first-order chi connectivity index (χ1) is 10.0. The molecule has 5 heteroatoms. The van der Waals surface area contributed by atoms with Gasteiger partial charge in [0, 0.05) is 24.5 Å². The predicted octanol–water partition coefficient (Wildman–Crippen LogP) is 4.40. The van der Waals surface area contributed by atoms with Crippen molar-refractivity contribution in [2.24, 2.45) is 0 Å². The molecule has 0 fully saturated rings. The minimum Gasteiger partial charge on any atom is -0.369 e. The first-order valence-electron chi connectivity index (χ1n) is 7.26. The molecule has 0 radical (unpaired) electrons. The van der Waals surface area contributed by atoms with Gasteiger partial charge in [-0.15, -0.1) is 0 Å². The number of pyridine rings is 1. The van der Waals surface area contributed by atoms with Crippen LogP contribution in [0.3, 0.4) is 0 Å². The van der Waals surface area contributed by atoms with Crippen molar-refractivity contribution in [1.29, 1.82) is 0 Å². The molecule has 0 aromatic carbocycles. The highest BCUT2D eigenvalue weighted by Gasteiger charge is 2.16. The molecular formula is C16H21IN4. The fourth-order valence-electron chi connectivity index (χ4n) is 2.03. The second-order valence-electron chi connectivity index (χ2n) is 5.37. The van der Waals surface area contributed by atoms with E-state index >= 15 is 0 Å². The molecule has 2 aromatic heterocycles. The van der Waals surface area contributed by atoms with Crippen molar-refractivity contribution < 1.29 is 0 Å². The third kappa shape index (κ3) is 3.70. The average molecular weight is 396 g/mol. The number of nitrogens with one attached hydrogen (secondary N) is 1. The standard InChI is InChI=1S/C16H21IN4/c1-5-7-19-16-13(17)14(10(2)3)20-15(21-16)12-9-18-8-6-11(12)4/h6,8-10H,5,7H2,1-4H3,(H,19,20,21). The maximum atomic E-state index is 4.77. The van der Waals surface area contributed by atoms with Gasteiger partial charge in [0.1, 0.15) is 5.82 Å². The van der Waals surface area contributed by atoms with Crippen molar-refractivity contribution in [3.63, 3.8) is 0 Å². The Labute approximate surface area is 140 Å². The largest absolute Gasteiger partial charge is 0.369 e. The lowest BCUT2D eigenvalue weighted by Gasteiger charge is -2.15. The lowest BCUT2D eigenvalue weighted by atomic mass is 10.1. The zero-order chi connectivity index (χ0) is 15.4. The summed E-state index contributed by atoms with van der Waals surface area (Å²) in [5.74, 6) is 2.04. The average Bonchev–Trinajstić information content (AvgIpc) is 2.46. The van der Waals surface area contributed by atoms with Crippen molar-refractivity contribution >= 4 is 28.4 Å². The summed E-state index contributed by atoms with van der Waals surface area (Å²) in [6.07, 6.45) is 4.70. The lowest BCUT2D eigenvalue weighted by molar-refractivity contribution is 0.807. The monoisotopic (exact) mass is 396 g/mol. The normalized spacial score (nSPS) is 11.0. The van der Waals surface area contributed by atoms with Gasteiger partial charge in [-0.3, -0.25) is 4.98 Å². The van der Waals surface area contributed by atoms with Crippen LogP contribution in [0.4, 0.5) is 5.82 Å². The molecular weight excluding hydrogens is 375 g/mol. The van der Waals surface area contributed by atoms with Crippen LogP contribution in [-0.2, 0) is 0 Å². The van der Waals surface area contributed by atoms with E-state index in [1.54, 1.807) is 6.20 Å². The van der Waals surface area contributed by atoms with E-state index in [2.05, 4.69) is 60.6 Å². The molecule has 0 aliphatic rings. The van der Waals surface area contributed by atoms with Gasteiger partial charge in [0.25, 0.3) is 0 Å². The minimum absolute atomic E-state index is 0.359. The molecule has 0 bridgehead atoms. The number of rotatable bonds is 5. The zero-order valence-electron chi connectivity index (χ0n) is 12.9. The van der Waals surface area contributed by atoms with Crippen molar-refractivity contribution in [1.82, 2.24) is 15.0 Å². The molecule has 112 valence electrons. The summed E-state index contributed by atoms with van der Waals surface area (Å²) in [7, 11) is 0. The third-order valence-electron chi connectivity index (χ3n) is 3.25. The number of hydrogen-bond acceptors (Lipinski definition) is 4. The summed E-state index contributed by atoms with van der Waals surface area (Å²) in [6, 6.07) is 1.99. The molecule has 0 spiro atoms. The van der Waals surface area contributed by atoms with E-state index < -0.39 is 0 Å². The van der Waals surface area contributed by atoms with Crippen LogP contribution in [0.1, 0.15) is 44.4 Å². The number of aromatic nitrogens is 3. The van der Waals surface area contributed by atoms with Gasteiger partial charge in [-0.2, -0.15) is 0 Å². The molecule has 0 atom stereocenters. The fraction of sp³-hybridized carbons (Fsp3) is 0.438. The Kier molecular flexibility index (Phi) is 5.50. The molecule has 0 unspecified atom stereocenters. The Hall–Kier alpha value is -1.24. The minimum atomic E-state index is 0.359. The van der Waals surface area contributed by atoms with Crippen molar-refractivity contribution in [3.8, 4) is 11.4 Å². The van der Waals surface area contributed by atoms with E-state index in [4.69, 9.17) is 9.97 Å². The maximum Gasteiger partial charge on any atom is 0.163 e. The molecule has 0 saturated carbocycles. The Bertz CT molecular complexity index is 626. The molecule has 2 rings (SSSR count). The summed E-state index contributed by atoms with van der Waals surface area (Å²) in [5, 5.41) is 3.41. The highest BCUT2D eigenvalue weighted by molar-refractivity contribution is 14.1. The molecule has 1 N–H and O–H groups in total. The highest BCUT2D eigenvalue weighted by atomic mass is 127. The van der Waals surface area contributed by atoms with Gasteiger partial charge in [0.2, 0.25) is 0 Å². The van der Waals surface area contributed by atoms with Crippen LogP contribution < -0.4 is 5.32 Å². The molecule has 21 heavy (non-hydrogen) atoms. The molecule has 4 nitrogen and oxygen atoms in total. The van der Waals surface area contributed by atoms with Crippen molar-refractivity contribution in [2.75, 3.05) is 11.9 Å². The van der Waals surface area contributed by atoms with Gasteiger partial charge >= 0.3 is 0 Å². The van der Waals surface area contributed by atoms with Gasteiger partial charge < -0.3 is 5.32 Å². The van der Waals surface area contributed by atoms with E-state index in [-0.39, 0.29) is 0 Å². The molecule has 2 aromatic rings. The highest BCUT2D eigenvalue weighted by Crippen LogP contribution is 2.29. The predicted molar refractivity (Wildman–Crippen MR) is 95.6 cm³/mol. The summed E-state index contributed by atoms with van der Waals surface area (Å²) in [5.41, 5.74) is 3.22. The van der Waals surface area contributed by atoms with E-state index in [1.165, 1.54) is 0 Å². The van der Waals surface area contributed by atoms with Crippen molar-refractivity contribution in [3.05, 3.63) is 33.3 Å². The van der Waals surface area contributed by atoms with Crippen LogP contribution in [0.5, 0.6) is 0 Å². The van der Waals surface area contributed by atoms with Gasteiger partial charge in [-0.05, 0) is 53.5 Å². The lowest BCUT2D eigenvalue weighted by Crippen LogP contribution is -2.10. The van der Waals surface area contributed by atoms with E-state index in [1.807, 2.05) is 12.3 Å². The van der Waals surface area contributed by atoms with E-state index in [9.17, 15) is 0 Å². The van der Waals surface area contributed by atoms with Gasteiger partial charge in [0.15, 0.2) is 5.82 Å². The Morgan fingerprint density at radius 3 is 2.67 bits per heavy atom. The fourth-order valence-corrected chi connectivity index (χ4v) is 3.08. The van der Waals surface area contributed by atoms with Crippen LogP contribution in [0.15, 0.2) is 18.5 Å². The van der Waals surface area contributed by atoms with Crippen LogP contribution in [0.25, 0.3) is 11.4 Å².